The van der Waals surface area contributed by atoms with Crippen LogP contribution >= 0.6 is 15.9 Å². The Labute approximate surface area is 157 Å². The van der Waals surface area contributed by atoms with Crippen molar-refractivity contribution in [2.24, 2.45) is 0 Å². The first-order chi connectivity index (χ1) is 12.1. The second-order valence-corrected chi connectivity index (χ2v) is 7.28. The number of hydrogen-bond donors (Lipinski definition) is 1. The van der Waals surface area contributed by atoms with E-state index in [2.05, 4.69) is 33.2 Å². The Morgan fingerprint density at radius 1 is 1.16 bits per heavy atom. The average Bonchev–Trinajstić information content (AvgIpc) is 2.63. The third kappa shape index (κ3) is 5.06. The van der Waals surface area contributed by atoms with Crippen molar-refractivity contribution in [1.82, 2.24) is 10.2 Å². The molecule has 132 valence electrons. The zero-order valence-electron chi connectivity index (χ0n) is 14.4. The second-order valence-electron chi connectivity index (χ2n) is 6.43. The monoisotopic (exact) mass is 402 g/mol. The van der Waals surface area contributed by atoms with Crippen molar-refractivity contribution >= 4 is 21.8 Å². The third-order valence-corrected chi connectivity index (χ3v) is 5.15. The van der Waals surface area contributed by atoms with Gasteiger partial charge in [-0.1, -0.05) is 24.3 Å². The van der Waals surface area contributed by atoms with Crippen molar-refractivity contribution in [1.29, 1.82) is 0 Å². The van der Waals surface area contributed by atoms with E-state index in [9.17, 15) is 4.79 Å². The van der Waals surface area contributed by atoms with Crippen LogP contribution in [-0.4, -0.2) is 37.0 Å². The smallest absolute Gasteiger partial charge is 0.252 e. The molecule has 2 aromatic carbocycles. The van der Waals surface area contributed by atoms with Gasteiger partial charge in [0.15, 0.2) is 0 Å². The van der Waals surface area contributed by atoms with Crippen LogP contribution in [0, 0.1) is 0 Å². The van der Waals surface area contributed by atoms with Gasteiger partial charge in [0, 0.05) is 24.1 Å². The van der Waals surface area contributed by atoms with Crippen molar-refractivity contribution in [2.45, 2.75) is 25.5 Å². The van der Waals surface area contributed by atoms with Crippen molar-refractivity contribution < 1.29 is 9.53 Å². The summed E-state index contributed by atoms with van der Waals surface area (Å²) in [5.41, 5.74) is 1.70. The predicted molar refractivity (Wildman–Crippen MR) is 103 cm³/mol. The summed E-state index contributed by atoms with van der Waals surface area (Å²) in [7, 11) is 2.15. The van der Waals surface area contributed by atoms with Gasteiger partial charge in [0.05, 0.1) is 5.56 Å². The molecule has 0 spiro atoms. The van der Waals surface area contributed by atoms with Crippen molar-refractivity contribution in [3.8, 4) is 5.75 Å². The summed E-state index contributed by atoms with van der Waals surface area (Å²) in [5.74, 6) is 0.814. The highest BCUT2D eigenvalue weighted by molar-refractivity contribution is 9.10. The van der Waals surface area contributed by atoms with Crippen LogP contribution in [0.25, 0.3) is 0 Å². The number of likely N-dealkylation sites (tertiary alicyclic amines) is 1. The largest absolute Gasteiger partial charge is 0.490 e. The highest BCUT2D eigenvalue weighted by Gasteiger charge is 2.17. The van der Waals surface area contributed by atoms with Gasteiger partial charge >= 0.3 is 0 Å². The van der Waals surface area contributed by atoms with E-state index in [0.29, 0.717) is 18.2 Å². The van der Waals surface area contributed by atoms with E-state index < -0.39 is 0 Å². The topological polar surface area (TPSA) is 41.6 Å². The SMILES string of the molecule is CN1CCC(Oc2ccc(CNC(=O)c3ccccc3Br)cc2)CC1. The molecule has 0 radical (unpaired) electrons. The number of benzene rings is 2. The molecule has 1 saturated heterocycles. The molecule has 25 heavy (non-hydrogen) atoms. The number of amides is 1. The Bertz CT molecular complexity index is 710. The molecule has 1 aliphatic rings. The minimum atomic E-state index is -0.0841. The van der Waals surface area contributed by atoms with Crippen LogP contribution in [0.1, 0.15) is 28.8 Å². The number of rotatable bonds is 5. The summed E-state index contributed by atoms with van der Waals surface area (Å²) in [5, 5.41) is 2.95. The number of carbonyl (C=O) groups excluding carboxylic acids is 1. The van der Waals surface area contributed by atoms with Gasteiger partial charge in [0.2, 0.25) is 0 Å². The molecule has 0 saturated carbocycles. The lowest BCUT2D eigenvalue weighted by Gasteiger charge is -2.29. The Balaban J connectivity index is 1.51. The van der Waals surface area contributed by atoms with Gasteiger partial charge < -0.3 is 15.0 Å². The summed E-state index contributed by atoms with van der Waals surface area (Å²) in [6.07, 6.45) is 2.44. The Morgan fingerprint density at radius 2 is 1.84 bits per heavy atom. The fourth-order valence-corrected chi connectivity index (χ4v) is 3.37. The average molecular weight is 403 g/mol. The maximum Gasteiger partial charge on any atom is 0.252 e. The zero-order chi connectivity index (χ0) is 17.6. The van der Waals surface area contributed by atoms with Crippen LogP contribution in [0.2, 0.25) is 0 Å². The molecule has 0 bridgehead atoms. The van der Waals surface area contributed by atoms with E-state index >= 15 is 0 Å². The summed E-state index contributed by atoms with van der Waals surface area (Å²) >= 11 is 3.40. The fourth-order valence-electron chi connectivity index (χ4n) is 2.90. The lowest BCUT2D eigenvalue weighted by molar-refractivity contribution is 0.0950. The number of nitrogens with zero attached hydrogens (tertiary/aromatic N) is 1. The van der Waals surface area contributed by atoms with Crippen molar-refractivity contribution in [3.63, 3.8) is 0 Å². The number of carbonyl (C=O) groups is 1. The lowest BCUT2D eigenvalue weighted by Crippen LogP contribution is -2.35. The molecule has 5 heteroatoms. The highest BCUT2D eigenvalue weighted by atomic mass is 79.9. The molecule has 0 aromatic heterocycles. The molecular formula is C20H23BrN2O2. The van der Waals surface area contributed by atoms with Gasteiger partial charge in [-0.3, -0.25) is 4.79 Å². The number of hydrogen-bond acceptors (Lipinski definition) is 3. The Hall–Kier alpha value is -1.85. The molecule has 1 amide bonds. The van der Waals surface area contributed by atoms with Gasteiger partial charge in [-0.2, -0.15) is 0 Å². The molecule has 4 nitrogen and oxygen atoms in total. The van der Waals surface area contributed by atoms with E-state index in [1.165, 1.54) is 0 Å². The summed E-state index contributed by atoms with van der Waals surface area (Å²) in [6.45, 7) is 2.67. The van der Waals surface area contributed by atoms with Crippen LogP contribution in [0.5, 0.6) is 5.75 Å². The first kappa shape index (κ1) is 18.0. The number of ether oxygens (including phenoxy) is 1. The summed E-state index contributed by atoms with van der Waals surface area (Å²) in [6, 6.07) is 15.4. The molecule has 1 aliphatic heterocycles. The van der Waals surface area contributed by atoms with Gasteiger partial charge in [0.25, 0.3) is 5.91 Å². The van der Waals surface area contributed by atoms with Crippen molar-refractivity contribution in [2.75, 3.05) is 20.1 Å². The van der Waals surface area contributed by atoms with Gasteiger partial charge in [-0.25, -0.2) is 0 Å². The first-order valence-corrected chi connectivity index (χ1v) is 9.38. The van der Waals surface area contributed by atoms with Gasteiger partial charge in [-0.05, 0) is 65.6 Å². The Morgan fingerprint density at radius 3 is 2.52 bits per heavy atom. The van der Waals surface area contributed by atoms with Crippen LogP contribution in [0.3, 0.4) is 0 Å². The molecule has 0 aliphatic carbocycles. The lowest BCUT2D eigenvalue weighted by atomic mass is 10.1. The van der Waals surface area contributed by atoms with Crippen molar-refractivity contribution in [3.05, 3.63) is 64.1 Å². The normalized spacial score (nSPS) is 15.8. The van der Waals surface area contributed by atoms with Gasteiger partial charge in [-0.15, -0.1) is 0 Å². The van der Waals surface area contributed by atoms with Crippen LogP contribution in [0.4, 0.5) is 0 Å². The molecule has 0 unspecified atom stereocenters. The van der Waals surface area contributed by atoms with E-state index in [-0.39, 0.29) is 5.91 Å². The summed E-state index contributed by atoms with van der Waals surface area (Å²) in [4.78, 5) is 14.6. The molecule has 2 aromatic rings. The predicted octanol–water partition coefficient (Wildman–Crippen LogP) is 3.85. The van der Waals surface area contributed by atoms with E-state index in [0.717, 1.165) is 41.7 Å². The summed E-state index contributed by atoms with van der Waals surface area (Å²) < 4.78 is 6.85. The molecule has 1 N–H and O–H groups in total. The third-order valence-electron chi connectivity index (χ3n) is 4.46. The number of halogens is 1. The molecule has 1 fully saturated rings. The Kier molecular flexibility index (Phi) is 6.10. The highest BCUT2D eigenvalue weighted by Crippen LogP contribution is 2.19. The second kappa shape index (κ2) is 8.50. The molecular weight excluding hydrogens is 380 g/mol. The maximum atomic E-state index is 12.2. The number of piperidine rings is 1. The standard InChI is InChI=1S/C20H23BrN2O2/c1-23-12-10-17(11-13-23)25-16-8-6-15(7-9-16)14-22-20(24)18-4-2-3-5-19(18)21/h2-9,17H,10-14H2,1H3,(H,22,24). The van der Waals surface area contributed by atoms with Crippen LogP contribution in [-0.2, 0) is 6.54 Å². The van der Waals surface area contributed by atoms with E-state index in [4.69, 9.17) is 4.74 Å². The minimum Gasteiger partial charge on any atom is -0.490 e. The van der Waals surface area contributed by atoms with Gasteiger partial charge in [0.1, 0.15) is 11.9 Å². The fraction of sp³-hybridized carbons (Fsp3) is 0.350. The van der Waals surface area contributed by atoms with E-state index in [1.807, 2.05) is 42.5 Å². The minimum absolute atomic E-state index is 0.0841. The quantitative estimate of drug-likeness (QED) is 0.825. The molecule has 1 heterocycles. The van der Waals surface area contributed by atoms with E-state index in [1.54, 1.807) is 6.07 Å². The van der Waals surface area contributed by atoms with Crippen LogP contribution in [0.15, 0.2) is 53.0 Å². The first-order valence-electron chi connectivity index (χ1n) is 8.58. The zero-order valence-corrected chi connectivity index (χ0v) is 16.0. The van der Waals surface area contributed by atoms with Crippen LogP contribution < -0.4 is 10.1 Å². The molecule has 0 atom stereocenters. The maximum absolute atomic E-state index is 12.2. The molecule has 3 rings (SSSR count). The number of nitrogens with one attached hydrogen (secondary N) is 1.